The third-order valence-corrected chi connectivity index (χ3v) is 12.1. The van der Waals surface area contributed by atoms with Crippen molar-refractivity contribution >= 4 is 21.5 Å². The molecule has 8 heteroatoms. The van der Waals surface area contributed by atoms with Gasteiger partial charge in [-0.25, -0.2) is 0 Å². The van der Waals surface area contributed by atoms with Gasteiger partial charge >= 0.3 is 0 Å². The normalized spacial score (nSPS) is 17.8. The molecule has 2 saturated heterocycles. The van der Waals surface area contributed by atoms with Crippen LogP contribution in [0.15, 0.2) is 107 Å². The van der Waals surface area contributed by atoms with Crippen LogP contribution in [0, 0.1) is 6.92 Å². The van der Waals surface area contributed by atoms with Gasteiger partial charge in [0.25, 0.3) is 11.1 Å². The smallest absolute Gasteiger partial charge is 0.256 e. The summed E-state index contributed by atoms with van der Waals surface area (Å²) in [6, 6.07) is 34.4. The maximum Gasteiger partial charge on any atom is 0.256 e. The van der Waals surface area contributed by atoms with Gasteiger partial charge in [-0.15, -0.1) is 0 Å². The second-order valence-electron chi connectivity index (χ2n) is 16.1. The van der Waals surface area contributed by atoms with Crippen molar-refractivity contribution < 1.29 is 0 Å². The van der Waals surface area contributed by atoms with Crippen LogP contribution in [0.2, 0.25) is 0 Å². The van der Waals surface area contributed by atoms with Crippen LogP contribution in [-0.2, 0) is 13.1 Å². The average Bonchev–Trinajstić information content (AvgIpc) is 4.19. The summed E-state index contributed by atoms with van der Waals surface area (Å²) in [6.07, 6.45) is 5.28. The molecule has 8 nitrogen and oxygen atoms in total. The molecule has 57 heavy (non-hydrogen) atoms. The van der Waals surface area contributed by atoms with Crippen molar-refractivity contribution in [2.75, 3.05) is 52.4 Å². The molecule has 4 aromatic carbocycles. The summed E-state index contributed by atoms with van der Waals surface area (Å²) in [5.74, 6) is 0.629. The first-order chi connectivity index (χ1) is 27.9. The number of aryl methyl sites for hydroxylation is 1. The highest BCUT2D eigenvalue weighted by molar-refractivity contribution is 5.89. The molecule has 2 aliphatic carbocycles. The van der Waals surface area contributed by atoms with E-state index in [-0.39, 0.29) is 11.1 Å². The molecule has 2 aliphatic heterocycles. The number of aromatic nitrogens is 2. The highest BCUT2D eigenvalue weighted by atomic mass is 16.1. The van der Waals surface area contributed by atoms with Crippen LogP contribution < -0.4 is 16.4 Å². The molecule has 0 atom stereocenters. The van der Waals surface area contributed by atoms with Crippen LogP contribution in [0.3, 0.4) is 0 Å². The van der Waals surface area contributed by atoms with Crippen LogP contribution in [-0.4, -0.2) is 83.1 Å². The molecule has 4 heterocycles. The van der Waals surface area contributed by atoms with Crippen molar-refractivity contribution in [3.8, 4) is 22.5 Å². The van der Waals surface area contributed by atoms with Crippen molar-refractivity contribution in [1.82, 2.24) is 30.0 Å². The van der Waals surface area contributed by atoms with E-state index >= 15 is 0 Å². The quantitative estimate of drug-likeness (QED) is 0.145. The van der Waals surface area contributed by atoms with E-state index in [2.05, 4.69) is 110 Å². The molecule has 2 saturated carbocycles. The number of H-pyrrole nitrogens is 2. The molecule has 0 bridgehead atoms. The Morgan fingerprint density at radius 3 is 1.61 bits per heavy atom. The average molecular weight is 763 g/mol. The molecule has 0 radical (unpaired) electrons. The number of nitrogens with zero attached hydrogens (tertiary/aromatic N) is 3. The van der Waals surface area contributed by atoms with Gasteiger partial charge in [0.05, 0.1) is 0 Å². The Labute approximate surface area is 336 Å². The predicted octanol–water partition coefficient (Wildman–Crippen LogP) is 8.29. The molecular formula is C49H58N6O2. The first-order valence-electron chi connectivity index (χ1n) is 21.3. The first kappa shape index (κ1) is 39.0. The third-order valence-electron chi connectivity index (χ3n) is 12.1. The van der Waals surface area contributed by atoms with Crippen LogP contribution >= 0.6 is 0 Å². The van der Waals surface area contributed by atoms with E-state index in [1.807, 2.05) is 38.1 Å². The second kappa shape index (κ2) is 17.7. The number of aromatic amines is 2. The number of rotatable bonds is 8. The van der Waals surface area contributed by atoms with Gasteiger partial charge in [-0.05, 0) is 107 Å². The van der Waals surface area contributed by atoms with Crippen molar-refractivity contribution in [3.05, 3.63) is 140 Å². The van der Waals surface area contributed by atoms with Crippen LogP contribution in [0.25, 0.3) is 44.1 Å². The maximum absolute atomic E-state index is 12.6. The lowest BCUT2D eigenvalue weighted by Crippen LogP contribution is -2.46. The van der Waals surface area contributed by atoms with Crippen LogP contribution in [0.1, 0.15) is 67.7 Å². The van der Waals surface area contributed by atoms with Gasteiger partial charge in [-0.1, -0.05) is 86.6 Å². The van der Waals surface area contributed by atoms with Gasteiger partial charge in [0.2, 0.25) is 0 Å². The van der Waals surface area contributed by atoms with E-state index < -0.39 is 0 Å². The van der Waals surface area contributed by atoms with E-state index in [9.17, 15) is 9.59 Å². The molecular weight excluding hydrogens is 705 g/mol. The Bertz CT molecular complexity index is 2400. The lowest BCUT2D eigenvalue weighted by atomic mass is 9.99. The molecule has 4 aliphatic rings. The number of piperazine rings is 2. The van der Waals surface area contributed by atoms with Gasteiger partial charge in [0, 0.05) is 93.6 Å². The Kier molecular flexibility index (Phi) is 12.1. The molecule has 2 aromatic heterocycles. The van der Waals surface area contributed by atoms with E-state index in [0.717, 1.165) is 108 Å². The molecule has 4 fully saturated rings. The molecule has 0 spiro atoms. The van der Waals surface area contributed by atoms with Gasteiger partial charge in [0.15, 0.2) is 0 Å². The molecule has 296 valence electrons. The minimum Gasteiger partial charge on any atom is -0.321 e. The number of pyridine rings is 2. The summed E-state index contributed by atoms with van der Waals surface area (Å²) in [4.78, 5) is 38.9. The van der Waals surface area contributed by atoms with Crippen molar-refractivity contribution in [1.29, 1.82) is 0 Å². The highest BCUT2D eigenvalue weighted by Crippen LogP contribution is 2.43. The fourth-order valence-corrected chi connectivity index (χ4v) is 8.51. The summed E-state index contributed by atoms with van der Waals surface area (Å²) in [7, 11) is 0. The third kappa shape index (κ3) is 9.31. The van der Waals surface area contributed by atoms with E-state index in [1.54, 1.807) is 0 Å². The van der Waals surface area contributed by atoms with Crippen molar-refractivity contribution in [3.63, 3.8) is 0 Å². The van der Waals surface area contributed by atoms with E-state index in [4.69, 9.17) is 0 Å². The first-order valence-corrected chi connectivity index (χ1v) is 21.3. The van der Waals surface area contributed by atoms with Gasteiger partial charge in [-0.2, -0.15) is 0 Å². The minimum absolute atomic E-state index is 0.00916. The zero-order valence-electron chi connectivity index (χ0n) is 33.9. The molecule has 6 aromatic rings. The van der Waals surface area contributed by atoms with E-state index in [0.29, 0.717) is 5.92 Å². The molecule has 3 N–H and O–H groups in total. The molecule has 10 rings (SSSR count). The molecule has 0 unspecified atom stereocenters. The second-order valence-corrected chi connectivity index (χ2v) is 16.1. The lowest BCUT2D eigenvalue weighted by molar-refractivity contribution is 0.121. The number of hydrogen-bond acceptors (Lipinski definition) is 6. The zero-order chi connectivity index (χ0) is 39.3. The topological polar surface area (TPSA) is 87.5 Å². The standard InChI is InChI=1S/C24H27N3O.C23H25N3O.C2H6/c1-17-3-2-4-21-22(17)15-23(25-24(21)28)19-7-5-18(6-8-19)16-26-11-13-27(14-12-26)20-9-10-20;27-23-20-3-1-2-19(17-8-9-17)21(20)14-22(25-23)18-6-4-16(5-7-18)15-26-12-10-24-11-13-26;1-2/h2-8,15,20H,9-14,16H2,1H3,(H,25,28);1-7,14,17,24H,8-13,15H2,(H,25,27);1-2H3. The Morgan fingerprint density at radius 2 is 1.07 bits per heavy atom. The Morgan fingerprint density at radius 1 is 0.561 bits per heavy atom. The van der Waals surface area contributed by atoms with Crippen molar-refractivity contribution in [2.45, 2.75) is 71.5 Å². The SMILES string of the molecule is CC.Cc1cccc2c(=O)[nH]c(-c3ccc(CN4CCN(C5CC5)CC4)cc3)cc12.O=c1[nH]c(-c2ccc(CN3CCNCC3)cc2)cc2c(C3CC3)cccc12. The van der Waals surface area contributed by atoms with Crippen LogP contribution in [0.5, 0.6) is 0 Å². The Balaban J connectivity index is 0.000000153. The van der Waals surface area contributed by atoms with Gasteiger partial charge in [-0.3, -0.25) is 24.3 Å². The van der Waals surface area contributed by atoms with Crippen LogP contribution in [0.4, 0.5) is 0 Å². The fraction of sp³-hybridized carbons (Fsp3) is 0.388. The summed E-state index contributed by atoms with van der Waals surface area (Å²) in [6.45, 7) is 17.1. The summed E-state index contributed by atoms with van der Waals surface area (Å²) in [5.41, 5.74) is 9.04. The lowest BCUT2D eigenvalue weighted by Gasteiger charge is -2.34. The minimum atomic E-state index is -0.0196. The van der Waals surface area contributed by atoms with Gasteiger partial charge < -0.3 is 15.3 Å². The number of fused-ring (bicyclic) bond motifs is 2. The largest absolute Gasteiger partial charge is 0.321 e. The summed E-state index contributed by atoms with van der Waals surface area (Å²) < 4.78 is 0. The predicted molar refractivity (Wildman–Crippen MR) is 236 cm³/mol. The summed E-state index contributed by atoms with van der Waals surface area (Å²) >= 11 is 0. The van der Waals surface area contributed by atoms with Gasteiger partial charge in [0.1, 0.15) is 0 Å². The maximum atomic E-state index is 12.6. The number of nitrogens with one attached hydrogen (secondary N) is 3. The number of hydrogen-bond donors (Lipinski definition) is 3. The monoisotopic (exact) mass is 762 g/mol. The highest BCUT2D eigenvalue weighted by Gasteiger charge is 2.31. The Hall–Kier alpha value is -4.86. The number of benzene rings is 4. The molecule has 0 amide bonds. The summed E-state index contributed by atoms with van der Waals surface area (Å²) in [5, 5.41) is 7.09. The van der Waals surface area contributed by atoms with E-state index in [1.165, 1.54) is 55.5 Å². The fourth-order valence-electron chi connectivity index (χ4n) is 8.51. The zero-order valence-corrected chi connectivity index (χ0v) is 33.9. The van der Waals surface area contributed by atoms with Crippen molar-refractivity contribution in [2.24, 2.45) is 0 Å².